The van der Waals surface area contributed by atoms with Gasteiger partial charge in [-0.1, -0.05) is 31.2 Å². The summed E-state index contributed by atoms with van der Waals surface area (Å²) in [6, 6.07) is 8.59. The number of carbonyl (C=O) groups excluding carboxylic acids is 1. The third kappa shape index (κ3) is 2.63. The number of aryl methyl sites for hydroxylation is 1. The molecule has 2 rings (SSSR count). The van der Waals surface area contributed by atoms with Crippen LogP contribution in [0.4, 0.5) is 0 Å². The zero-order chi connectivity index (χ0) is 11.4. The number of rotatable bonds is 3. The molecular formula is C14H19NO. The molecule has 0 bridgehead atoms. The zero-order valence-electron chi connectivity index (χ0n) is 9.91. The summed E-state index contributed by atoms with van der Waals surface area (Å²) in [5.41, 5.74) is 2.60. The molecular weight excluding hydrogens is 198 g/mol. The van der Waals surface area contributed by atoms with Gasteiger partial charge in [0.05, 0.1) is 0 Å². The van der Waals surface area contributed by atoms with Crippen molar-refractivity contribution in [2.45, 2.75) is 39.2 Å². The molecule has 0 spiro atoms. The van der Waals surface area contributed by atoms with Gasteiger partial charge in [0.15, 0.2) is 0 Å². The van der Waals surface area contributed by atoms with Gasteiger partial charge >= 0.3 is 0 Å². The summed E-state index contributed by atoms with van der Waals surface area (Å²) in [5, 5.41) is 0. The highest BCUT2D eigenvalue weighted by Crippen LogP contribution is 2.14. The van der Waals surface area contributed by atoms with Crippen molar-refractivity contribution in [2.24, 2.45) is 0 Å². The summed E-state index contributed by atoms with van der Waals surface area (Å²) in [5.74, 6) is 0.311. The van der Waals surface area contributed by atoms with Gasteiger partial charge in [-0.05, 0) is 30.4 Å². The molecule has 0 atom stereocenters. The second-order valence-corrected chi connectivity index (χ2v) is 4.44. The molecule has 1 saturated heterocycles. The van der Waals surface area contributed by atoms with E-state index in [9.17, 15) is 4.79 Å². The lowest BCUT2D eigenvalue weighted by Crippen LogP contribution is -2.34. The summed E-state index contributed by atoms with van der Waals surface area (Å²) in [7, 11) is 0. The molecule has 1 aromatic rings. The third-order valence-corrected chi connectivity index (χ3v) is 3.23. The highest BCUT2D eigenvalue weighted by atomic mass is 16.2. The molecule has 0 N–H and O–H groups in total. The largest absolute Gasteiger partial charge is 0.338 e. The van der Waals surface area contributed by atoms with E-state index in [0.29, 0.717) is 5.91 Å². The lowest BCUT2D eigenvalue weighted by atomic mass is 10.1. The average Bonchev–Trinajstić information content (AvgIpc) is 2.33. The number of benzene rings is 1. The van der Waals surface area contributed by atoms with Crippen LogP contribution in [0.2, 0.25) is 0 Å². The van der Waals surface area contributed by atoms with E-state index in [4.69, 9.17) is 0 Å². The molecule has 0 radical (unpaired) electrons. The number of amides is 1. The molecule has 1 heterocycles. The van der Waals surface area contributed by atoms with Gasteiger partial charge in [0.2, 0.25) is 5.91 Å². The Balaban J connectivity index is 1.99. The fourth-order valence-electron chi connectivity index (χ4n) is 2.13. The molecule has 0 aliphatic carbocycles. The molecule has 1 fully saturated rings. The Bertz CT molecular complexity index is 356. The average molecular weight is 217 g/mol. The monoisotopic (exact) mass is 217 g/mol. The van der Waals surface area contributed by atoms with Crippen LogP contribution < -0.4 is 0 Å². The van der Waals surface area contributed by atoms with Crippen LogP contribution in [0.25, 0.3) is 0 Å². The van der Waals surface area contributed by atoms with Gasteiger partial charge in [-0.25, -0.2) is 0 Å². The molecule has 86 valence electrons. The van der Waals surface area contributed by atoms with Crippen LogP contribution in [0.15, 0.2) is 24.3 Å². The fourth-order valence-corrected chi connectivity index (χ4v) is 2.13. The molecule has 16 heavy (non-hydrogen) atoms. The van der Waals surface area contributed by atoms with E-state index in [1.54, 1.807) is 0 Å². The van der Waals surface area contributed by atoms with Gasteiger partial charge in [-0.3, -0.25) is 4.79 Å². The number of hydrogen-bond donors (Lipinski definition) is 0. The maximum Gasteiger partial charge on any atom is 0.222 e. The van der Waals surface area contributed by atoms with Crippen LogP contribution in [0.1, 0.15) is 37.3 Å². The number of hydrogen-bond acceptors (Lipinski definition) is 1. The van der Waals surface area contributed by atoms with Crippen molar-refractivity contribution in [1.29, 1.82) is 0 Å². The molecule has 2 nitrogen and oxygen atoms in total. The Morgan fingerprint density at radius 2 is 1.81 bits per heavy atom. The maximum absolute atomic E-state index is 11.6. The first-order valence-corrected chi connectivity index (χ1v) is 6.15. The molecule has 1 aliphatic heterocycles. The van der Waals surface area contributed by atoms with Crippen molar-refractivity contribution in [3.63, 3.8) is 0 Å². The minimum Gasteiger partial charge on any atom is -0.338 e. The number of carbonyl (C=O) groups is 1. The van der Waals surface area contributed by atoms with Gasteiger partial charge in [0.25, 0.3) is 0 Å². The van der Waals surface area contributed by atoms with Crippen molar-refractivity contribution < 1.29 is 4.79 Å². The standard InChI is InChI=1S/C14H19NO/c1-2-12-6-8-13(9-7-12)11-15-10-4-3-5-14(15)16/h6-9H,2-5,10-11H2,1H3. The predicted octanol–water partition coefficient (Wildman–Crippen LogP) is 2.76. The van der Waals surface area contributed by atoms with Gasteiger partial charge in [0.1, 0.15) is 0 Å². The van der Waals surface area contributed by atoms with Crippen LogP contribution in [0.3, 0.4) is 0 Å². The molecule has 1 aliphatic rings. The van der Waals surface area contributed by atoms with Crippen LogP contribution in [0, 0.1) is 0 Å². The second-order valence-electron chi connectivity index (χ2n) is 4.44. The topological polar surface area (TPSA) is 20.3 Å². The zero-order valence-corrected chi connectivity index (χ0v) is 9.91. The van der Waals surface area contributed by atoms with Crippen LogP contribution in [-0.2, 0) is 17.8 Å². The molecule has 1 aromatic carbocycles. The Labute approximate surface area is 97.3 Å². The Kier molecular flexibility index (Phi) is 3.60. The summed E-state index contributed by atoms with van der Waals surface area (Å²) in [6.07, 6.45) is 4.01. The highest BCUT2D eigenvalue weighted by Gasteiger charge is 2.17. The molecule has 1 amide bonds. The Morgan fingerprint density at radius 1 is 1.12 bits per heavy atom. The normalized spacial score (nSPS) is 16.6. The van der Waals surface area contributed by atoms with Crippen LogP contribution >= 0.6 is 0 Å². The summed E-state index contributed by atoms with van der Waals surface area (Å²) < 4.78 is 0. The molecule has 2 heteroatoms. The summed E-state index contributed by atoms with van der Waals surface area (Å²) in [6.45, 7) is 3.86. The summed E-state index contributed by atoms with van der Waals surface area (Å²) in [4.78, 5) is 13.6. The van der Waals surface area contributed by atoms with E-state index in [1.807, 2.05) is 4.90 Å². The van der Waals surface area contributed by atoms with Crippen molar-refractivity contribution >= 4 is 5.91 Å². The third-order valence-electron chi connectivity index (χ3n) is 3.23. The molecule has 0 aromatic heterocycles. The lowest BCUT2D eigenvalue weighted by molar-refractivity contribution is -0.133. The lowest BCUT2D eigenvalue weighted by Gasteiger charge is -2.26. The van der Waals surface area contributed by atoms with Crippen LogP contribution in [0.5, 0.6) is 0 Å². The van der Waals surface area contributed by atoms with Gasteiger partial charge in [0, 0.05) is 19.5 Å². The maximum atomic E-state index is 11.6. The van der Waals surface area contributed by atoms with Gasteiger partial charge < -0.3 is 4.90 Å². The quantitative estimate of drug-likeness (QED) is 0.762. The second kappa shape index (κ2) is 5.15. The first kappa shape index (κ1) is 11.2. The smallest absolute Gasteiger partial charge is 0.222 e. The Hall–Kier alpha value is -1.31. The number of piperidine rings is 1. The van der Waals surface area contributed by atoms with Crippen molar-refractivity contribution in [2.75, 3.05) is 6.54 Å². The Morgan fingerprint density at radius 3 is 2.44 bits per heavy atom. The number of likely N-dealkylation sites (tertiary alicyclic amines) is 1. The van der Waals surface area contributed by atoms with Crippen molar-refractivity contribution in [3.05, 3.63) is 35.4 Å². The highest BCUT2D eigenvalue weighted by molar-refractivity contribution is 5.76. The van der Waals surface area contributed by atoms with E-state index < -0.39 is 0 Å². The first-order valence-electron chi connectivity index (χ1n) is 6.15. The minimum absolute atomic E-state index is 0.311. The van der Waals surface area contributed by atoms with E-state index in [-0.39, 0.29) is 0 Å². The molecule has 0 unspecified atom stereocenters. The predicted molar refractivity (Wildman–Crippen MR) is 65.1 cm³/mol. The first-order chi connectivity index (χ1) is 7.79. The van der Waals surface area contributed by atoms with Crippen molar-refractivity contribution in [3.8, 4) is 0 Å². The number of nitrogens with zero attached hydrogens (tertiary/aromatic N) is 1. The van der Waals surface area contributed by atoms with Crippen molar-refractivity contribution in [1.82, 2.24) is 4.90 Å². The molecule has 0 saturated carbocycles. The van der Waals surface area contributed by atoms with E-state index in [1.165, 1.54) is 11.1 Å². The van der Waals surface area contributed by atoms with E-state index >= 15 is 0 Å². The van der Waals surface area contributed by atoms with E-state index in [2.05, 4.69) is 31.2 Å². The SMILES string of the molecule is CCc1ccc(CN2CCCCC2=O)cc1. The minimum atomic E-state index is 0.311. The fraction of sp³-hybridized carbons (Fsp3) is 0.500. The van der Waals surface area contributed by atoms with Gasteiger partial charge in [-0.15, -0.1) is 0 Å². The van der Waals surface area contributed by atoms with E-state index in [0.717, 1.165) is 38.8 Å². The van der Waals surface area contributed by atoms with Crippen LogP contribution in [-0.4, -0.2) is 17.4 Å². The summed E-state index contributed by atoms with van der Waals surface area (Å²) >= 11 is 0. The van der Waals surface area contributed by atoms with Gasteiger partial charge in [-0.2, -0.15) is 0 Å².